The summed E-state index contributed by atoms with van der Waals surface area (Å²) < 4.78 is 15.3. The molecule has 0 saturated heterocycles. The number of hydrogen-bond donors (Lipinski definition) is 1. The standard InChI is InChI=1S/C18H17ClN2O5/c1-24-14-7-3-5-12(17(14)25-2)8-9-16(23)26-11-15(22)21-13-6-4-10-20-18(13)19/h3-10H,11H2,1-2H3,(H,21,22)/b9-8+. The molecule has 2 rings (SSSR count). The summed E-state index contributed by atoms with van der Waals surface area (Å²) in [6.07, 6.45) is 4.21. The fraction of sp³-hybridized carbons (Fsp3) is 0.167. The maximum absolute atomic E-state index is 11.8. The number of nitrogens with one attached hydrogen (secondary N) is 1. The third-order valence-corrected chi connectivity index (χ3v) is 3.51. The Morgan fingerprint density at radius 1 is 1.19 bits per heavy atom. The molecule has 0 radical (unpaired) electrons. The van der Waals surface area contributed by atoms with Gasteiger partial charge in [-0.1, -0.05) is 23.7 Å². The zero-order valence-electron chi connectivity index (χ0n) is 14.2. The molecule has 1 N–H and O–H groups in total. The number of methoxy groups -OCH3 is 2. The highest BCUT2D eigenvalue weighted by atomic mass is 35.5. The number of aromatic nitrogens is 1. The third-order valence-electron chi connectivity index (χ3n) is 3.21. The quantitative estimate of drug-likeness (QED) is 0.454. The first-order chi connectivity index (χ1) is 12.5. The Balaban J connectivity index is 1.92. The van der Waals surface area contributed by atoms with Gasteiger partial charge in [0.15, 0.2) is 23.3 Å². The van der Waals surface area contributed by atoms with Crippen LogP contribution in [0.3, 0.4) is 0 Å². The number of halogens is 1. The van der Waals surface area contributed by atoms with Crippen molar-refractivity contribution in [1.82, 2.24) is 4.98 Å². The summed E-state index contributed by atoms with van der Waals surface area (Å²) in [5, 5.41) is 2.65. The monoisotopic (exact) mass is 376 g/mol. The second-order valence-corrected chi connectivity index (χ2v) is 5.27. The number of benzene rings is 1. The summed E-state index contributed by atoms with van der Waals surface area (Å²) in [6.45, 7) is -0.455. The molecule has 0 aliphatic heterocycles. The highest BCUT2D eigenvalue weighted by molar-refractivity contribution is 6.32. The third kappa shape index (κ3) is 5.22. The molecule has 26 heavy (non-hydrogen) atoms. The predicted octanol–water partition coefficient (Wildman–Crippen LogP) is 2.95. The number of carbonyl (C=O) groups excluding carboxylic acids is 2. The maximum Gasteiger partial charge on any atom is 0.331 e. The number of ether oxygens (including phenoxy) is 3. The Kier molecular flexibility index (Phi) is 6.99. The van der Waals surface area contributed by atoms with E-state index in [1.165, 1.54) is 32.6 Å². The minimum Gasteiger partial charge on any atom is -0.493 e. The number of hydrogen-bond acceptors (Lipinski definition) is 6. The Bertz CT molecular complexity index is 823. The van der Waals surface area contributed by atoms with Crippen LogP contribution in [-0.2, 0) is 14.3 Å². The van der Waals surface area contributed by atoms with Crippen molar-refractivity contribution in [3.63, 3.8) is 0 Å². The number of amides is 1. The molecule has 0 aliphatic carbocycles. The number of nitrogens with zero attached hydrogens (tertiary/aromatic N) is 1. The maximum atomic E-state index is 11.8. The Hall–Kier alpha value is -3.06. The van der Waals surface area contributed by atoms with Crippen LogP contribution in [-0.4, -0.2) is 37.7 Å². The Morgan fingerprint density at radius 3 is 2.69 bits per heavy atom. The minimum atomic E-state index is -0.678. The number of esters is 1. The first kappa shape index (κ1) is 19.3. The van der Waals surface area contributed by atoms with Crippen molar-refractivity contribution >= 4 is 35.2 Å². The lowest BCUT2D eigenvalue weighted by Crippen LogP contribution is -2.20. The fourth-order valence-electron chi connectivity index (χ4n) is 2.05. The van der Waals surface area contributed by atoms with Crippen molar-refractivity contribution in [2.75, 3.05) is 26.1 Å². The highest BCUT2D eigenvalue weighted by Crippen LogP contribution is 2.31. The van der Waals surface area contributed by atoms with E-state index in [-0.39, 0.29) is 5.15 Å². The zero-order chi connectivity index (χ0) is 18.9. The zero-order valence-corrected chi connectivity index (χ0v) is 14.9. The molecule has 136 valence electrons. The first-order valence-corrected chi connectivity index (χ1v) is 7.89. The van der Waals surface area contributed by atoms with Gasteiger partial charge in [-0.25, -0.2) is 9.78 Å². The van der Waals surface area contributed by atoms with E-state index in [2.05, 4.69) is 10.3 Å². The van der Waals surface area contributed by atoms with E-state index >= 15 is 0 Å². The van der Waals surface area contributed by atoms with Crippen LogP contribution >= 0.6 is 11.6 Å². The topological polar surface area (TPSA) is 86.8 Å². The van der Waals surface area contributed by atoms with E-state index in [9.17, 15) is 9.59 Å². The van der Waals surface area contributed by atoms with Crippen LogP contribution in [0.25, 0.3) is 6.08 Å². The molecule has 1 aromatic carbocycles. The second kappa shape index (κ2) is 9.43. The van der Waals surface area contributed by atoms with Gasteiger partial charge in [-0.3, -0.25) is 4.79 Å². The molecule has 0 aliphatic rings. The summed E-state index contributed by atoms with van der Waals surface area (Å²) in [6, 6.07) is 8.46. The molecule has 0 fully saturated rings. The largest absolute Gasteiger partial charge is 0.493 e. The van der Waals surface area contributed by atoms with Crippen molar-refractivity contribution in [3.8, 4) is 11.5 Å². The summed E-state index contributed by atoms with van der Waals surface area (Å²) in [5.74, 6) is -0.179. The summed E-state index contributed by atoms with van der Waals surface area (Å²) in [5.41, 5.74) is 0.974. The molecule has 0 spiro atoms. The van der Waals surface area contributed by atoms with E-state index in [1.54, 1.807) is 30.3 Å². The van der Waals surface area contributed by atoms with Gasteiger partial charge in [-0.05, 0) is 24.3 Å². The highest BCUT2D eigenvalue weighted by Gasteiger charge is 2.10. The van der Waals surface area contributed by atoms with Crippen LogP contribution in [0, 0.1) is 0 Å². The van der Waals surface area contributed by atoms with Crippen LogP contribution in [0.4, 0.5) is 5.69 Å². The van der Waals surface area contributed by atoms with Crippen LogP contribution < -0.4 is 14.8 Å². The van der Waals surface area contributed by atoms with Gasteiger partial charge in [0.2, 0.25) is 0 Å². The number of rotatable bonds is 7. The molecule has 0 bridgehead atoms. The second-order valence-electron chi connectivity index (χ2n) is 4.91. The summed E-state index contributed by atoms with van der Waals surface area (Å²) in [4.78, 5) is 27.4. The average molecular weight is 377 g/mol. The number of para-hydroxylation sites is 1. The molecule has 7 nitrogen and oxygen atoms in total. The molecular weight excluding hydrogens is 360 g/mol. The number of pyridine rings is 1. The van der Waals surface area contributed by atoms with Crippen LogP contribution in [0.5, 0.6) is 11.5 Å². The summed E-state index contributed by atoms with van der Waals surface area (Å²) >= 11 is 5.84. The van der Waals surface area contributed by atoms with Crippen molar-refractivity contribution < 1.29 is 23.8 Å². The van der Waals surface area contributed by atoms with Gasteiger partial charge in [0, 0.05) is 17.8 Å². The molecule has 0 atom stereocenters. The van der Waals surface area contributed by atoms with E-state index < -0.39 is 18.5 Å². The molecule has 8 heteroatoms. The smallest absolute Gasteiger partial charge is 0.331 e. The minimum absolute atomic E-state index is 0.150. The van der Waals surface area contributed by atoms with Crippen LogP contribution in [0.2, 0.25) is 5.15 Å². The van der Waals surface area contributed by atoms with Crippen molar-refractivity contribution in [2.45, 2.75) is 0 Å². The van der Waals surface area contributed by atoms with Gasteiger partial charge < -0.3 is 19.5 Å². The molecule has 0 saturated carbocycles. The van der Waals surface area contributed by atoms with E-state index in [1.807, 2.05) is 0 Å². The normalized spacial score (nSPS) is 10.4. The molecule has 1 amide bonds. The lowest BCUT2D eigenvalue weighted by Gasteiger charge is -2.09. The van der Waals surface area contributed by atoms with Gasteiger partial charge in [-0.15, -0.1) is 0 Å². The molecule has 0 unspecified atom stereocenters. The van der Waals surface area contributed by atoms with E-state index in [0.29, 0.717) is 22.7 Å². The number of carbonyl (C=O) groups is 2. The molecule has 1 aromatic heterocycles. The van der Waals surface area contributed by atoms with Gasteiger partial charge >= 0.3 is 5.97 Å². The van der Waals surface area contributed by atoms with E-state index in [0.717, 1.165) is 0 Å². The lowest BCUT2D eigenvalue weighted by atomic mass is 10.1. The first-order valence-electron chi connectivity index (χ1n) is 7.51. The SMILES string of the molecule is COc1cccc(/C=C/C(=O)OCC(=O)Nc2cccnc2Cl)c1OC. The van der Waals surface area contributed by atoms with Crippen molar-refractivity contribution in [1.29, 1.82) is 0 Å². The summed E-state index contributed by atoms with van der Waals surface area (Å²) in [7, 11) is 3.02. The van der Waals surface area contributed by atoms with Gasteiger partial charge in [-0.2, -0.15) is 0 Å². The van der Waals surface area contributed by atoms with Crippen LogP contribution in [0.1, 0.15) is 5.56 Å². The molecule has 2 aromatic rings. The Labute approximate surface area is 155 Å². The number of anilines is 1. The Morgan fingerprint density at radius 2 is 2.00 bits per heavy atom. The predicted molar refractivity (Wildman–Crippen MR) is 97.4 cm³/mol. The van der Waals surface area contributed by atoms with Crippen molar-refractivity contribution in [3.05, 3.63) is 53.3 Å². The lowest BCUT2D eigenvalue weighted by molar-refractivity contribution is -0.142. The molecular formula is C18H17ClN2O5. The van der Waals surface area contributed by atoms with Gasteiger partial charge in [0.05, 0.1) is 19.9 Å². The van der Waals surface area contributed by atoms with Gasteiger partial charge in [0.25, 0.3) is 5.91 Å². The molecule has 1 heterocycles. The average Bonchev–Trinajstić information content (AvgIpc) is 2.66. The fourth-order valence-corrected chi connectivity index (χ4v) is 2.22. The van der Waals surface area contributed by atoms with Crippen molar-refractivity contribution in [2.24, 2.45) is 0 Å². The van der Waals surface area contributed by atoms with E-state index in [4.69, 9.17) is 25.8 Å². The van der Waals surface area contributed by atoms with Crippen LogP contribution in [0.15, 0.2) is 42.6 Å². The van der Waals surface area contributed by atoms with Gasteiger partial charge in [0.1, 0.15) is 0 Å².